The van der Waals surface area contributed by atoms with Gasteiger partial charge in [0.15, 0.2) is 11.6 Å². The van der Waals surface area contributed by atoms with Crippen LogP contribution in [0.25, 0.3) is 0 Å². The lowest BCUT2D eigenvalue weighted by molar-refractivity contribution is -0.128. The predicted molar refractivity (Wildman–Crippen MR) is 101 cm³/mol. The molecule has 3 rings (SSSR count). The SMILES string of the molecule is CC(NC(=O)NCc1ccccc1CN1CCCC1=O)c1ccc(F)c(F)c1. The molecule has 0 saturated carbocycles. The normalized spacial score (nSPS) is 14.8. The largest absolute Gasteiger partial charge is 0.338 e. The molecular weight excluding hydrogens is 364 g/mol. The molecular formula is C21H23F2N3O2. The number of likely N-dealkylation sites (tertiary alicyclic amines) is 1. The van der Waals surface area contributed by atoms with Crippen LogP contribution in [0.15, 0.2) is 42.5 Å². The number of rotatable bonds is 6. The lowest BCUT2D eigenvalue weighted by atomic mass is 10.1. The highest BCUT2D eigenvalue weighted by molar-refractivity contribution is 5.78. The quantitative estimate of drug-likeness (QED) is 0.795. The molecule has 2 aromatic rings. The van der Waals surface area contributed by atoms with Gasteiger partial charge in [0.1, 0.15) is 0 Å². The van der Waals surface area contributed by atoms with E-state index in [9.17, 15) is 18.4 Å². The highest BCUT2D eigenvalue weighted by Crippen LogP contribution is 2.18. The Morgan fingerprint density at radius 1 is 1.14 bits per heavy atom. The van der Waals surface area contributed by atoms with Crippen LogP contribution in [-0.2, 0) is 17.9 Å². The monoisotopic (exact) mass is 387 g/mol. The number of nitrogens with one attached hydrogen (secondary N) is 2. The van der Waals surface area contributed by atoms with E-state index in [-0.39, 0.29) is 5.91 Å². The van der Waals surface area contributed by atoms with Crippen molar-refractivity contribution in [2.45, 2.75) is 38.9 Å². The summed E-state index contributed by atoms with van der Waals surface area (Å²) >= 11 is 0. The second-order valence-electron chi connectivity index (χ2n) is 6.91. The highest BCUT2D eigenvalue weighted by Gasteiger charge is 2.21. The fraction of sp³-hybridized carbons (Fsp3) is 0.333. The summed E-state index contributed by atoms with van der Waals surface area (Å²) in [5.41, 5.74) is 2.39. The minimum atomic E-state index is -0.947. The van der Waals surface area contributed by atoms with Crippen molar-refractivity contribution < 1.29 is 18.4 Å². The van der Waals surface area contributed by atoms with Gasteiger partial charge >= 0.3 is 6.03 Å². The molecule has 2 aromatic carbocycles. The molecule has 1 fully saturated rings. The van der Waals surface area contributed by atoms with E-state index in [1.165, 1.54) is 6.07 Å². The first-order valence-electron chi connectivity index (χ1n) is 9.28. The second kappa shape index (κ2) is 8.82. The predicted octanol–water partition coefficient (Wildman–Crippen LogP) is 3.65. The molecule has 0 aromatic heterocycles. The Labute approximate surface area is 162 Å². The van der Waals surface area contributed by atoms with Crippen molar-refractivity contribution in [3.05, 3.63) is 70.8 Å². The number of nitrogens with zero attached hydrogens (tertiary/aromatic N) is 1. The molecule has 2 N–H and O–H groups in total. The average Bonchev–Trinajstić information content (AvgIpc) is 3.08. The minimum Gasteiger partial charge on any atom is -0.338 e. The fourth-order valence-electron chi connectivity index (χ4n) is 3.25. The molecule has 1 atom stereocenters. The van der Waals surface area contributed by atoms with E-state index in [0.29, 0.717) is 25.1 Å². The number of urea groups is 1. The Kier molecular flexibility index (Phi) is 6.23. The van der Waals surface area contributed by atoms with Gasteiger partial charge in [0.2, 0.25) is 5.91 Å². The van der Waals surface area contributed by atoms with Gasteiger partial charge in [-0.3, -0.25) is 4.79 Å². The summed E-state index contributed by atoms with van der Waals surface area (Å²) in [6, 6.07) is 10.3. The summed E-state index contributed by atoms with van der Waals surface area (Å²) in [6.07, 6.45) is 1.47. The zero-order valence-corrected chi connectivity index (χ0v) is 15.7. The third-order valence-electron chi connectivity index (χ3n) is 4.88. The van der Waals surface area contributed by atoms with Crippen molar-refractivity contribution in [1.29, 1.82) is 0 Å². The van der Waals surface area contributed by atoms with Gasteiger partial charge in [0, 0.05) is 26.1 Å². The number of hydrogen-bond acceptors (Lipinski definition) is 2. The van der Waals surface area contributed by atoms with E-state index in [0.717, 1.165) is 36.2 Å². The van der Waals surface area contributed by atoms with Gasteiger partial charge in [-0.15, -0.1) is 0 Å². The Bertz CT molecular complexity index is 872. The van der Waals surface area contributed by atoms with Gasteiger partial charge in [-0.25, -0.2) is 13.6 Å². The summed E-state index contributed by atoms with van der Waals surface area (Å²) < 4.78 is 26.4. The maximum absolute atomic E-state index is 13.4. The summed E-state index contributed by atoms with van der Waals surface area (Å²) in [6.45, 7) is 3.28. The number of halogens is 2. The Morgan fingerprint density at radius 3 is 2.57 bits per heavy atom. The Hall–Kier alpha value is -2.96. The van der Waals surface area contributed by atoms with Crippen molar-refractivity contribution in [2.75, 3.05) is 6.54 Å². The number of amides is 3. The van der Waals surface area contributed by atoms with Gasteiger partial charge in [-0.2, -0.15) is 0 Å². The second-order valence-corrected chi connectivity index (χ2v) is 6.91. The molecule has 148 valence electrons. The van der Waals surface area contributed by atoms with Crippen LogP contribution in [0.3, 0.4) is 0 Å². The van der Waals surface area contributed by atoms with Gasteiger partial charge in [0.25, 0.3) is 0 Å². The summed E-state index contributed by atoms with van der Waals surface area (Å²) in [5, 5.41) is 5.49. The van der Waals surface area contributed by atoms with Crippen LogP contribution in [0.1, 0.15) is 42.5 Å². The van der Waals surface area contributed by atoms with Crippen LogP contribution in [-0.4, -0.2) is 23.4 Å². The number of carbonyl (C=O) groups is 2. The van der Waals surface area contributed by atoms with Crippen LogP contribution in [0.5, 0.6) is 0 Å². The third kappa shape index (κ3) is 4.85. The van der Waals surface area contributed by atoms with Crippen LogP contribution < -0.4 is 10.6 Å². The molecule has 7 heteroatoms. The summed E-state index contributed by atoms with van der Waals surface area (Å²) in [5.74, 6) is -1.72. The fourth-order valence-corrected chi connectivity index (χ4v) is 3.25. The lowest BCUT2D eigenvalue weighted by Gasteiger charge is -2.19. The highest BCUT2D eigenvalue weighted by atomic mass is 19.2. The van der Waals surface area contributed by atoms with Gasteiger partial charge < -0.3 is 15.5 Å². The van der Waals surface area contributed by atoms with E-state index in [1.54, 1.807) is 6.92 Å². The van der Waals surface area contributed by atoms with Crippen LogP contribution in [0.2, 0.25) is 0 Å². The molecule has 5 nitrogen and oxygen atoms in total. The van der Waals surface area contributed by atoms with E-state index < -0.39 is 23.7 Å². The van der Waals surface area contributed by atoms with Crippen molar-refractivity contribution in [3.8, 4) is 0 Å². The van der Waals surface area contributed by atoms with Crippen molar-refractivity contribution in [3.63, 3.8) is 0 Å². The number of benzene rings is 2. The van der Waals surface area contributed by atoms with E-state index in [2.05, 4.69) is 10.6 Å². The molecule has 0 radical (unpaired) electrons. The molecule has 0 aliphatic carbocycles. The minimum absolute atomic E-state index is 0.154. The topological polar surface area (TPSA) is 61.4 Å². The van der Waals surface area contributed by atoms with Gasteiger partial charge in [-0.05, 0) is 42.2 Å². The molecule has 28 heavy (non-hydrogen) atoms. The van der Waals surface area contributed by atoms with E-state index >= 15 is 0 Å². The first-order valence-corrected chi connectivity index (χ1v) is 9.28. The molecule has 1 unspecified atom stereocenters. The smallest absolute Gasteiger partial charge is 0.315 e. The maximum atomic E-state index is 13.4. The molecule has 1 aliphatic rings. The van der Waals surface area contributed by atoms with Gasteiger partial charge in [0.05, 0.1) is 6.04 Å². The van der Waals surface area contributed by atoms with E-state index in [1.807, 2.05) is 29.2 Å². The third-order valence-corrected chi connectivity index (χ3v) is 4.88. The first kappa shape index (κ1) is 19.8. The number of hydrogen-bond donors (Lipinski definition) is 2. The van der Waals surface area contributed by atoms with Crippen molar-refractivity contribution in [2.24, 2.45) is 0 Å². The molecule has 0 spiro atoms. The van der Waals surface area contributed by atoms with Crippen LogP contribution in [0, 0.1) is 11.6 Å². The molecule has 1 heterocycles. The standard InChI is InChI=1S/C21H23F2N3O2/c1-14(15-8-9-18(22)19(23)11-15)25-21(28)24-12-16-5-2-3-6-17(16)13-26-10-4-7-20(26)27/h2-3,5-6,8-9,11,14H,4,7,10,12-13H2,1H3,(H2,24,25,28). The Balaban J connectivity index is 1.57. The first-order chi connectivity index (χ1) is 13.4. The average molecular weight is 387 g/mol. The summed E-state index contributed by atoms with van der Waals surface area (Å²) in [7, 11) is 0. The zero-order chi connectivity index (χ0) is 20.1. The van der Waals surface area contributed by atoms with Crippen molar-refractivity contribution >= 4 is 11.9 Å². The van der Waals surface area contributed by atoms with E-state index in [4.69, 9.17) is 0 Å². The molecule has 3 amide bonds. The molecule has 1 aliphatic heterocycles. The zero-order valence-electron chi connectivity index (χ0n) is 15.7. The van der Waals surface area contributed by atoms with Crippen molar-refractivity contribution in [1.82, 2.24) is 15.5 Å². The summed E-state index contributed by atoms with van der Waals surface area (Å²) in [4.78, 5) is 25.9. The molecule has 1 saturated heterocycles. The van der Waals surface area contributed by atoms with Crippen LogP contribution >= 0.6 is 0 Å². The Morgan fingerprint density at radius 2 is 1.89 bits per heavy atom. The van der Waals surface area contributed by atoms with Gasteiger partial charge in [-0.1, -0.05) is 30.3 Å². The maximum Gasteiger partial charge on any atom is 0.315 e. The van der Waals surface area contributed by atoms with Crippen LogP contribution in [0.4, 0.5) is 13.6 Å². The lowest BCUT2D eigenvalue weighted by Crippen LogP contribution is -2.37. The molecule has 0 bridgehead atoms. The number of carbonyl (C=O) groups excluding carboxylic acids is 2.